The normalized spacial score (nSPS) is 11.3. The zero-order chi connectivity index (χ0) is 18.8. The van der Waals surface area contributed by atoms with Gasteiger partial charge < -0.3 is 4.42 Å². The number of furan rings is 1. The van der Waals surface area contributed by atoms with Crippen molar-refractivity contribution in [3.05, 3.63) is 70.5 Å². The van der Waals surface area contributed by atoms with Gasteiger partial charge in [0.1, 0.15) is 10.6 Å². The van der Waals surface area contributed by atoms with E-state index in [2.05, 4.69) is 20.6 Å². The molecule has 4 rings (SSSR count). The van der Waals surface area contributed by atoms with Crippen LogP contribution in [0.3, 0.4) is 0 Å². The molecule has 1 aromatic carbocycles. The number of anilines is 1. The third-order valence-electron chi connectivity index (χ3n) is 3.85. The molecule has 0 saturated heterocycles. The first-order chi connectivity index (χ1) is 13.1. The minimum absolute atomic E-state index is 0.302. The zero-order valence-electron chi connectivity index (χ0n) is 14.2. The Bertz CT molecular complexity index is 1160. The number of para-hydroxylation sites is 1. The van der Waals surface area contributed by atoms with Crippen molar-refractivity contribution >= 4 is 28.7 Å². The zero-order valence-corrected chi connectivity index (χ0v) is 14.2. The van der Waals surface area contributed by atoms with Crippen LogP contribution in [0.4, 0.5) is 11.6 Å². The molecule has 9 nitrogen and oxygen atoms in total. The second-order valence-corrected chi connectivity index (χ2v) is 5.79. The molecule has 3 heterocycles. The van der Waals surface area contributed by atoms with Crippen LogP contribution in [-0.2, 0) is 7.05 Å². The van der Waals surface area contributed by atoms with Crippen molar-refractivity contribution in [1.82, 2.24) is 14.8 Å². The van der Waals surface area contributed by atoms with Crippen LogP contribution in [0.25, 0.3) is 22.4 Å². The lowest BCUT2D eigenvalue weighted by Crippen LogP contribution is -1.92. The number of benzene rings is 1. The first-order valence-corrected chi connectivity index (χ1v) is 8.02. The molecule has 0 aliphatic heterocycles. The number of fused-ring (bicyclic) bond motifs is 1. The van der Waals surface area contributed by atoms with E-state index in [1.807, 2.05) is 30.3 Å². The van der Waals surface area contributed by atoms with Gasteiger partial charge in [-0.05, 0) is 18.2 Å². The molecular formula is C18H14N6O3. The van der Waals surface area contributed by atoms with Crippen molar-refractivity contribution in [3.8, 4) is 11.5 Å². The van der Waals surface area contributed by atoms with Crippen LogP contribution < -0.4 is 5.43 Å². The maximum Gasteiger partial charge on any atom is 0.433 e. The molecule has 4 aromatic rings. The fourth-order valence-electron chi connectivity index (χ4n) is 2.65. The van der Waals surface area contributed by atoms with E-state index in [1.165, 1.54) is 12.1 Å². The average Bonchev–Trinajstić information content (AvgIpc) is 3.28. The van der Waals surface area contributed by atoms with Crippen LogP contribution in [0.1, 0.15) is 5.56 Å². The number of nitrogens with one attached hydrogen (secondary N) is 1. The van der Waals surface area contributed by atoms with Gasteiger partial charge in [-0.2, -0.15) is 10.2 Å². The van der Waals surface area contributed by atoms with Gasteiger partial charge in [0.25, 0.3) is 0 Å². The number of rotatable bonds is 5. The molecule has 134 valence electrons. The molecule has 0 fully saturated rings. The van der Waals surface area contributed by atoms with Crippen molar-refractivity contribution < 1.29 is 9.34 Å². The van der Waals surface area contributed by atoms with Crippen LogP contribution in [0.2, 0.25) is 0 Å². The highest BCUT2D eigenvalue weighted by Gasteiger charge is 2.17. The second kappa shape index (κ2) is 6.71. The van der Waals surface area contributed by atoms with Gasteiger partial charge in [-0.15, -0.1) is 0 Å². The number of hydrogen-bond donors (Lipinski definition) is 1. The summed E-state index contributed by atoms with van der Waals surface area (Å²) in [5.74, 6) is -0.0324. The Labute approximate surface area is 153 Å². The van der Waals surface area contributed by atoms with E-state index in [4.69, 9.17) is 4.42 Å². The second-order valence-electron chi connectivity index (χ2n) is 5.79. The first-order valence-electron chi connectivity index (χ1n) is 8.02. The van der Waals surface area contributed by atoms with E-state index in [1.54, 1.807) is 30.3 Å². The third-order valence-corrected chi connectivity index (χ3v) is 3.85. The third kappa shape index (κ3) is 3.38. The summed E-state index contributed by atoms with van der Waals surface area (Å²) in [5, 5.41) is 20.3. The van der Waals surface area contributed by atoms with Gasteiger partial charge >= 0.3 is 5.88 Å². The van der Waals surface area contributed by atoms with Crippen LogP contribution in [0.5, 0.6) is 0 Å². The quantitative estimate of drug-likeness (QED) is 0.330. The summed E-state index contributed by atoms with van der Waals surface area (Å²) in [4.78, 5) is 14.6. The largest absolute Gasteiger partial charge is 0.433 e. The van der Waals surface area contributed by atoms with Crippen LogP contribution in [0.15, 0.2) is 64.4 Å². The first kappa shape index (κ1) is 16.5. The highest BCUT2D eigenvalue weighted by atomic mass is 16.6. The molecule has 3 aromatic heterocycles. The Balaban J connectivity index is 1.57. The molecule has 0 aliphatic carbocycles. The standard InChI is InChI=1S/C18H14N6O3/c1-23-11-13(18(22-23)16-6-7-17(27-16)24(25)26)9-20-21-14-8-12-4-2-3-5-15(12)19-10-14/h2-11,21H,1H3/b20-9+. The SMILES string of the molecule is Cn1cc(/C=N/Nc2cnc3ccccc3c2)c(-c2ccc([N+](=O)[O-])o2)n1. The lowest BCUT2D eigenvalue weighted by Gasteiger charge is -2.01. The van der Waals surface area contributed by atoms with E-state index in [-0.39, 0.29) is 5.88 Å². The maximum absolute atomic E-state index is 10.8. The Morgan fingerprint density at radius 1 is 1.30 bits per heavy atom. The van der Waals surface area contributed by atoms with Crippen molar-refractivity contribution in [2.24, 2.45) is 12.1 Å². The van der Waals surface area contributed by atoms with Crippen LogP contribution in [0, 0.1) is 10.1 Å². The molecule has 0 bridgehead atoms. The summed E-state index contributed by atoms with van der Waals surface area (Å²) in [5.41, 5.74) is 5.69. The van der Waals surface area contributed by atoms with Crippen LogP contribution >= 0.6 is 0 Å². The number of pyridine rings is 1. The fraction of sp³-hybridized carbons (Fsp3) is 0.0556. The molecule has 27 heavy (non-hydrogen) atoms. The maximum atomic E-state index is 10.8. The molecule has 0 spiro atoms. The van der Waals surface area contributed by atoms with E-state index in [0.29, 0.717) is 17.0 Å². The monoisotopic (exact) mass is 362 g/mol. The minimum Gasteiger partial charge on any atom is -0.399 e. The number of hydrogen-bond acceptors (Lipinski definition) is 7. The summed E-state index contributed by atoms with van der Waals surface area (Å²) in [6, 6.07) is 12.5. The van der Waals surface area contributed by atoms with Gasteiger partial charge in [0.05, 0.1) is 29.7 Å². The molecular weight excluding hydrogens is 348 g/mol. The molecule has 0 atom stereocenters. The number of aromatic nitrogens is 3. The smallest absolute Gasteiger partial charge is 0.399 e. The molecule has 0 saturated carbocycles. The predicted octanol–water partition coefficient (Wildman–Crippen LogP) is 3.58. The van der Waals surface area contributed by atoms with Crippen molar-refractivity contribution in [2.75, 3.05) is 5.43 Å². The van der Waals surface area contributed by atoms with Gasteiger partial charge in [-0.3, -0.25) is 25.2 Å². The van der Waals surface area contributed by atoms with Crippen molar-refractivity contribution in [3.63, 3.8) is 0 Å². The average molecular weight is 362 g/mol. The van der Waals surface area contributed by atoms with Crippen LogP contribution in [-0.4, -0.2) is 25.9 Å². The van der Waals surface area contributed by atoms with E-state index in [0.717, 1.165) is 16.6 Å². The van der Waals surface area contributed by atoms with Gasteiger partial charge in [0, 0.05) is 24.2 Å². The van der Waals surface area contributed by atoms with Gasteiger partial charge in [-0.1, -0.05) is 18.2 Å². The molecule has 9 heteroatoms. The lowest BCUT2D eigenvalue weighted by atomic mass is 10.2. The number of hydrazone groups is 1. The summed E-state index contributed by atoms with van der Waals surface area (Å²) in [7, 11) is 1.75. The van der Waals surface area contributed by atoms with Crippen molar-refractivity contribution in [1.29, 1.82) is 0 Å². The van der Waals surface area contributed by atoms with E-state index >= 15 is 0 Å². The van der Waals surface area contributed by atoms with E-state index in [9.17, 15) is 10.1 Å². The highest BCUT2D eigenvalue weighted by Crippen LogP contribution is 2.26. The number of nitrogens with zero attached hydrogens (tertiary/aromatic N) is 5. The van der Waals surface area contributed by atoms with Gasteiger partial charge in [0.15, 0.2) is 5.76 Å². The summed E-state index contributed by atoms with van der Waals surface area (Å²) < 4.78 is 6.82. The Hall–Kier alpha value is -4.01. The molecule has 0 aliphatic rings. The van der Waals surface area contributed by atoms with Gasteiger partial charge in [0.2, 0.25) is 0 Å². The molecule has 0 unspecified atom stereocenters. The topological polar surface area (TPSA) is 111 Å². The molecule has 0 radical (unpaired) electrons. The molecule has 0 amide bonds. The predicted molar refractivity (Wildman–Crippen MR) is 101 cm³/mol. The highest BCUT2D eigenvalue weighted by molar-refractivity contribution is 5.88. The van der Waals surface area contributed by atoms with Gasteiger partial charge in [-0.25, -0.2) is 0 Å². The van der Waals surface area contributed by atoms with Crippen molar-refractivity contribution in [2.45, 2.75) is 0 Å². The lowest BCUT2D eigenvalue weighted by molar-refractivity contribution is -0.401. The van der Waals surface area contributed by atoms with E-state index < -0.39 is 4.92 Å². The Kier molecular flexibility index (Phi) is 4.09. The summed E-state index contributed by atoms with van der Waals surface area (Å²) in [6.45, 7) is 0. The summed E-state index contributed by atoms with van der Waals surface area (Å²) >= 11 is 0. The fourth-order valence-corrected chi connectivity index (χ4v) is 2.65. The molecule has 1 N–H and O–H groups in total. The Morgan fingerprint density at radius 2 is 2.15 bits per heavy atom. The Morgan fingerprint density at radius 3 is 2.96 bits per heavy atom. The number of aryl methyl sites for hydroxylation is 1. The minimum atomic E-state index is -0.589. The number of nitro groups is 1. The summed E-state index contributed by atoms with van der Waals surface area (Å²) in [6.07, 6.45) is 5.01.